The number of carbonyl (C=O) groups is 1. The molecule has 102 valence electrons. The number of allylic oxidation sites excluding steroid dienone is 2. The molecule has 9 heteroatoms. The van der Waals surface area contributed by atoms with E-state index in [9.17, 15) is 13.2 Å². The summed E-state index contributed by atoms with van der Waals surface area (Å²) in [4.78, 5) is 11.4. The van der Waals surface area contributed by atoms with Crippen molar-refractivity contribution in [2.24, 2.45) is 0 Å². The van der Waals surface area contributed by atoms with Gasteiger partial charge < -0.3 is 5.32 Å². The first-order chi connectivity index (χ1) is 9.92. The molecule has 0 aromatic heterocycles. The van der Waals surface area contributed by atoms with Crippen molar-refractivity contribution in [1.82, 2.24) is 4.72 Å². The molecule has 0 aliphatic carbocycles. The minimum Gasteiger partial charge on any atom is -0.345 e. The van der Waals surface area contributed by atoms with Crippen LogP contribution in [0.15, 0.2) is 34.4 Å². The molecule has 0 saturated carbocycles. The third-order valence-corrected chi connectivity index (χ3v) is 3.98. The lowest BCUT2D eigenvalue weighted by Crippen LogP contribution is -2.20. The summed E-state index contributed by atoms with van der Waals surface area (Å²) in [5.41, 5.74) is -0.579. The van der Waals surface area contributed by atoms with Crippen LogP contribution in [-0.2, 0) is 10.0 Å². The highest BCUT2D eigenvalue weighted by Gasteiger charge is 2.32. The zero-order chi connectivity index (χ0) is 15.6. The van der Waals surface area contributed by atoms with Gasteiger partial charge >= 0.3 is 0 Å². The third kappa shape index (κ3) is 2.39. The van der Waals surface area contributed by atoms with Gasteiger partial charge in [0.05, 0.1) is 5.56 Å². The van der Waals surface area contributed by atoms with Gasteiger partial charge in [-0.1, -0.05) is 0 Å². The molecule has 8 nitrogen and oxygen atoms in total. The summed E-state index contributed by atoms with van der Waals surface area (Å²) in [6, 6.07) is 8.50. The van der Waals surface area contributed by atoms with E-state index in [1.54, 1.807) is 18.2 Å². The molecule has 0 spiro atoms. The number of nitrogens with one attached hydrogen (secondary N) is 2. The molecule has 1 aliphatic rings. The van der Waals surface area contributed by atoms with Gasteiger partial charge in [0.1, 0.15) is 28.8 Å². The Morgan fingerprint density at radius 1 is 1.14 bits per heavy atom. The summed E-state index contributed by atoms with van der Waals surface area (Å²) < 4.78 is 24.9. The van der Waals surface area contributed by atoms with Gasteiger partial charge in [-0.3, -0.25) is 4.79 Å². The van der Waals surface area contributed by atoms with Crippen LogP contribution in [0, 0.1) is 34.0 Å². The number of hydrogen-bond donors (Lipinski definition) is 2. The van der Waals surface area contributed by atoms with Gasteiger partial charge in [-0.25, -0.2) is 13.1 Å². The van der Waals surface area contributed by atoms with Crippen LogP contribution in [0.4, 0.5) is 5.69 Å². The number of sulfonamides is 1. The average molecular weight is 299 g/mol. The molecular weight excluding hydrogens is 294 g/mol. The Balaban J connectivity index is 2.48. The van der Waals surface area contributed by atoms with E-state index in [0.29, 0.717) is 0 Å². The molecule has 1 amide bonds. The number of amides is 1. The Hall–Kier alpha value is -3.35. The second-order valence-corrected chi connectivity index (χ2v) is 5.51. The van der Waals surface area contributed by atoms with Gasteiger partial charge in [-0.15, -0.1) is 0 Å². The van der Waals surface area contributed by atoms with Crippen molar-refractivity contribution in [1.29, 1.82) is 15.8 Å². The summed E-state index contributed by atoms with van der Waals surface area (Å²) in [6.45, 7) is 0. The molecule has 1 heterocycles. The van der Waals surface area contributed by atoms with Crippen LogP contribution in [-0.4, -0.2) is 14.3 Å². The molecule has 1 aromatic carbocycles. The van der Waals surface area contributed by atoms with Crippen molar-refractivity contribution in [2.75, 3.05) is 5.32 Å². The van der Waals surface area contributed by atoms with Gasteiger partial charge in [0.15, 0.2) is 5.57 Å². The van der Waals surface area contributed by atoms with Crippen LogP contribution >= 0.6 is 0 Å². The van der Waals surface area contributed by atoms with Crippen LogP contribution in [0.2, 0.25) is 0 Å². The quantitative estimate of drug-likeness (QED) is 0.749. The molecule has 1 aromatic rings. The number of carbonyl (C=O) groups excluding carboxylic acids is 1. The van der Waals surface area contributed by atoms with E-state index in [1.807, 2.05) is 4.72 Å². The molecular formula is C12H5N5O3S. The van der Waals surface area contributed by atoms with E-state index < -0.39 is 21.5 Å². The van der Waals surface area contributed by atoms with Gasteiger partial charge in [0.2, 0.25) is 0 Å². The minimum absolute atomic E-state index is 0.0762. The fraction of sp³-hybridized carbons (Fsp3) is 0. The predicted molar refractivity (Wildman–Crippen MR) is 68.6 cm³/mol. The van der Waals surface area contributed by atoms with Crippen LogP contribution in [0.25, 0.3) is 0 Å². The van der Waals surface area contributed by atoms with E-state index in [0.717, 1.165) is 0 Å². The fourth-order valence-electron chi connectivity index (χ4n) is 1.68. The monoisotopic (exact) mass is 299 g/mol. The maximum absolute atomic E-state index is 11.6. The predicted octanol–water partition coefficient (Wildman–Crippen LogP) is 0.355. The summed E-state index contributed by atoms with van der Waals surface area (Å²) in [6.07, 6.45) is 0. The first-order valence-electron chi connectivity index (χ1n) is 5.35. The highest BCUT2D eigenvalue weighted by Crippen LogP contribution is 2.26. The third-order valence-electron chi connectivity index (χ3n) is 2.60. The Morgan fingerprint density at radius 3 is 2.38 bits per heavy atom. The summed E-state index contributed by atoms with van der Waals surface area (Å²) >= 11 is 0. The standard InChI is InChI=1S/C12H5N5O3S/c13-4-7(5-14)10(6-15)16-8-1-2-11-9(3-8)12(18)17-21(11,19)20/h1-3,16H,(H,17,18). The summed E-state index contributed by atoms with van der Waals surface area (Å²) in [5.74, 6) is -0.781. The minimum atomic E-state index is -3.84. The van der Waals surface area contributed by atoms with Crippen molar-refractivity contribution in [3.05, 3.63) is 35.0 Å². The van der Waals surface area contributed by atoms with Crippen molar-refractivity contribution in [3.63, 3.8) is 0 Å². The first-order valence-corrected chi connectivity index (χ1v) is 6.84. The molecule has 0 fully saturated rings. The lowest BCUT2D eigenvalue weighted by atomic mass is 10.1. The van der Waals surface area contributed by atoms with Crippen LogP contribution < -0.4 is 10.0 Å². The zero-order valence-corrected chi connectivity index (χ0v) is 11.0. The molecule has 0 radical (unpaired) electrons. The molecule has 0 unspecified atom stereocenters. The lowest BCUT2D eigenvalue weighted by Gasteiger charge is -2.05. The molecule has 2 rings (SSSR count). The summed E-state index contributed by atoms with van der Waals surface area (Å²) in [7, 11) is -3.84. The van der Waals surface area contributed by atoms with Crippen molar-refractivity contribution < 1.29 is 13.2 Å². The first kappa shape index (κ1) is 14.1. The molecule has 0 atom stereocenters. The lowest BCUT2D eigenvalue weighted by molar-refractivity contribution is 0.0985. The number of hydrogen-bond acceptors (Lipinski definition) is 7. The van der Waals surface area contributed by atoms with E-state index in [-0.39, 0.29) is 21.8 Å². The van der Waals surface area contributed by atoms with E-state index in [4.69, 9.17) is 15.8 Å². The van der Waals surface area contributed by atoms with Crippen molar-refractivity contribution in [2.45, 2.75) is 4.90 Å². The second kappa shape index (κ2) is 4.97. The molecule has 21 heavy (non-hydrogen) atoms. The van der Waals surface area contributed by atoms with Crippen LogP contribution in [0.5, 0.6) is 0 Å². The Labute approximate surface area is 119 Å². The van der Waals surface area contributed by atoms with Crippen LogP contribution in [0.3, 0.4) is 0 Å². The highest BCUT2D eigenvalue weighted by molar-refractivity contribution is 7.90. The van der Waals surface area contributed by atoms with Crippen molar-refractivity contribution in [3.8, 4) is 18.2 Å². The molecule has 2 N–H and O–H groups in total. The van der Waals surface area contributed by atoms with Gasteiger partial charge in [-0.2, -0.15) is 15.8 Å². The topological polar surface area (TPSA) is 147 Å². The largest absolute Gasteiger partial charge is 0.345 e. The Bertz CT molecular complexity index is 894. The van der Waals surface area contributed by atoms with Gasteiger partial charge in [-0.05, 0) is 18.2 Å². The Kier molecular flexibility index (Phi) is 3.33. The maximum atomic E-state index is 11.6. The number of nitrogens with zero attached hydrogens (tertiary/aromatic N) is 3. The zero-order valence-electron chi connectivity index (χ0n) is 10.2. The van der Waals surface area contributed by atoms with Gasteiger partial charge in [0, 0.05) is 5.69 Å². The number of benzene rings is 1. The van der Waals surface area contributed by atoms with Gasteiger partial charge in [0.25, 0.3) is 15.9 Å². The Morgan fingerprint density at radius 2 is 1.81 bits per heavy atom. The van der Waals surface area contributed by atoms with E-state index in [1.165, 1.54) is 18.2 Å². The number of rotatable bonds is 2. The second-order valence-electron chi connectivity index (χ2n) is 3.86. The van der Waals surface area contributed by atoms with E-state index in [2.05, 4.69) is 5.32 Å². The molecule has 1 aliphatic heterocycles. The number of anilines is 1. The summed E-state index contributed by atoms with van der Waals surface area (Å²) in [5, 5.41) is 28.8. The highest BCUT2D eigenvalue weighted by atomic mass is 32.2. The maximum Gasteiger partial charge on any atom is 0.266 e. The fourth-order valence-corrected chi connectivity index (χ4v) is 2.83. The smallest absolute Gasteiger partial charge is 0.266 e. The van der Waals surface area contributed by atoms with Crippen LogP contribution in [0.1, 0.15) is 10.4 Å². The van der Waals surface area contributed by atoms with Crippen molar-refractivity contribution >= 4 is 21.6 Å². The average Bonchev–Trinajstić information content (AvgIpc) is 2.68. The number of nitriles is 3. The SMILES string of the molecule is N#CC(C#N)=C(C#N)Nc1ccc2c(c1)C(=O)NS2(=O)=O. The molecule has 0 saturated heterocycles. The number of fused-ring (bicyclic) bond motifs is 1. The van der Waals surface area contributed by atoms with E-state index >= 15 is 0 Å². The molecule has 0 bridgehead atoms. The normalized spacial score (nSPS) is 13.9.